The largest absolute Gasteiger partial charge is 0.497 e. The predicted octanol–water partition coefficient (Wildman–Crippen LogP) is 15.1. The van der Waals surface area contributed by atoms with E-state index in [4.69, 9.17) is 9.47 Å². The molecule has 0 atom stereocenters. The molecule has 0 amide bonds. The number of hydrogen-bond donors (Lipinski definition) is 0. The minimum absolute atomic E-state index is 0.0721. The lowest BCUT2D eigenvalue weighted by atomic mass is 10.1. The first-order valence-electron chi connectivity index (χ1n) is 20.1. The van der Waals surface area contributed by atoms with Crippen molar-refractivity contribution in [2.45, 2.75) is 67.7 Å². The molecular formula is C52H54F8N2O3. The molecule has 0 radical (unpaired) electrons. The van der Waals surface area contributed by atoms with E-state index in [0.717, 1.165) is 34.9 Å². The van der Waals surface area contributed by atoms with Gasteiger partial charge in [0.05, 0.1) is 31.2 Å². The maximum absolute atomic E-state index is 12.3. The second-order valence-electron chi connectivity index (χ2n) is 14.4. The number of Topliss-reactive ketones (excluding diaryl/α,β-unsaturated/α-hetero) is 1. The maximum Gasteiger partial charge on any atom is 0.416 e. The summed E-state index contributed by atoms with van der Waals surface area (Å²) in [6, 6.07) is 37.2. The summed E-state index contributed by atoms with van der Waals surface area (Å²) >= 11 is 0. The number of halogens is 8. The van der Waals surface area contributed by atoms with Gasteiger partial charge in [0.25, 0.3) is 0 Å². The van der Waals surface area contributed by atoms with Crippen LogP contribution in [0, 0.1) is 53.2 Å². The van der Waals surface area contributed by atoms with Crippen molar-refractivity contribution in [1.82, 2.24) is 9.55 Å². The van der Waals surface area contributed by atoms with E-state index in [-0.39, 0.29) is 23.0 Å². The Morgan fingerprint density at radius 3 is 1.46 bits per heavy atom. The normalized spacial score (nSPS) is 10.4. The Kier molecular flexibility index (Phi) is 22.4. The second-order valence-corrected chi connectivity index (χ2v) is 14.4. The fraction of sp³-hybridized carbons (Fsp3) is 0.231. The zero-order chi connectivity index (χ0) is 48.7. The Morgan fingerprint density at radius 2 is 1.08 bits per heavy atom. The number of alkyl halides is 6. The first-order chi connectivity index (χ1) is 30.5. The molecule has 0 aliphatic carbocycles. The van der Waals surface area contributed by atoms with Gasteiger partial charge in [-0.3, -0.25) is 4.79 Å². The van der Waals surface area contributed by atoms with Crippen molar-refractivity contribution in [3.8, 4) is 17.2 Å². The summed E-state index contributed by atoms with van der Waals surface area (Å²) in [4.78, 5) is 14.8. The lowest BCUT2D eigenvalue weighted by molar-refractivity contribution is -0.143. The fourth-order valence-corrected chi connectivity index (χ4v) is 5.23. The molecule has 1 heterocycles. The molecule has 0 bridgehead atoms. The van der Waals surface area contributed by atoms with E-state index in [0.29, 0.717) is 12.1 Å². The van der Waals surface area contributed by atoms with E-state index in [1.54, 1.807) is 26.6 Å². The Hall–Kier alpha value is -6.76. The minimum Gasteiger partial charge on any atom is -0.497 e. The number of nitrogens with zero attached hydrogens (tertiary/aromatic N) is 2. The number of carbonyl (C=O) groups excluding carboxylic acids is 1. The number of aromatic nitrogens is 2. The number of hydrogen-bond acceptors (Lipinski definition) is 4. The van der Waals surface area contributed by atoms with Crippen molar-refractivity contribution in [3.05, 3.63) is 214 Å². The van der Waals surface area contributed by atoms with Gasteiger partial charge in [-0.15, -0.1) is 0 Å². The average Bonchev–Trinajstić information content (AvgIpc) is 3.80. The highest BCUT2D eigenvalue weighted by Gasteiger charge is 2.36. The van der Waals surface area contributed by atoms with Crippen LogP contribution in [0.2, 0.25) is 0 Å². The average molecular weight is 907 g/mol. The highest BCUT2D eigenvalue weighted by molar-refractivity contribution is 5.94. The summed E-state index contributed by atoms with van der Waals surface area (Å²) in [6.45, 7) is 15.1. The SMILES string of the molecule is CC(=O)c1cccc(C)c1.CCOc1ccc(C)cc1.COc1cccc(C)c1.Cc1c(F)cccc1F.Cc1cc(C(F)(F)F)cc(C(F)(F)F)c1.Cc1ccc(-n2ccnc2)cc1. The zero-order valence-electron chi connectivity index (χ0n) is 37.8. The molecule has 6 aromatic carbocycles. The lowest BCUT2D eigenvalue weighted by Crippen LogP contribution is -2.11. The molecule has 0 fully saturated rings. The molecule has 7 aromatic rings. The molecule has 0 unspecified atom stereocenters. The highest BCUT2D eigenvalue weighted by atomic mass is 19.4. The van der Waals surface area contributed by atoms with E-state index in [1.807, 2.05) is 104 Å². The third kappa shape index (κ3) is 21.0. The molecule has 0 aliphatic rings. The van der Waals surface area contributed by atoms with Crippen LogP contribution in [0.3, 0.4) is 0 Å². The zero-order valence-corrected chi connectivity index (χ0v) is 37.8. The molecule has 1 aromatic heterocycles. The van der Waals surface area contributed by atoms with Gasteiger partial charge in [-0.1, -0.05) is 77.4 Å². The van der Waals surface area contributed by atoms with E-state index >= 15 is 0 Å². The number of imidazole rings is 1. The Balaban J connectivity index is 0.000000271. The molecule has 7 rings (SSSR count). The fourth-order valence-electron chi connectivity index (χ4n) is 5.23. The van der Waals surface area contributed by atoms with Crippen molar-refractivity contribution in [2.24, 2.45) is 0 Å². The number of aryl methyl sites for hydroxylation is 5. The molecule has 0 N–H and O–H groups in total. The standard InChI is InChI=1S/C10H10N2.C9H6F6.C9H10O.C9H12O.C8H10O.C7H6F2/c1-9-2-4-10(5-3-9)12-7-6-11-8-12;1-5-2-6(8(10,11)12)4-7(3-5)9(13,14)15;1-7-4-3-5-9(6-7)8(2)10;1-3-10-9-6-4-8(2)5-7-9;1-7-4-3-5-8(6-7)9-2;1-5-6(8)3-2-4-7(5)9/h2-8H,1H3;2-4H,1H3;3-6H,1-2H3;4-7H,3H2,1-2H3;3-6H,1-2H3;2-4H,1H3. The second kappa shape index (κ2) is 26.8. The van der Waals surface area contributed by atoms with Gasteiger partial charge in [-0.2, -0.15) is 26.3 Å². The van der Waals surface area contributed by atoms with Crippen molar-refractivity contribution in [3.63, 3.8) is 0 Å². The summed E-state index contributed by atoms with van der Waals surface area (Å²) in [5.74, 6) is 1.02. The summed E-state index contributed by atoms with van der Waals surface area (Å²) in [5, 5.41) is 0. The van der Waals surface area contributed by atoms with Crippen LogP contribution >= 0.6 is 0 Å². The van der Waals surface area contributed by atoms with E-state index < -0.39 is 35.1 Å². The summed E-state index contributed by atoms with van der Waals surface area (Å²) in [5.41, 5.74) is 4.29. The van der Waals surface area contributed by atoms with Crippen LogP contribution in [0.15, 0.2) is 152 Å². The van der Waals surface area contributed by atoms with Gasteiger partial charge in [-0.25, -0.2) is 13.8 Å². The molecule has 0 aliphatic heterocycles. The summed E-state index contributed by atoms with van der Waals surface area (Å²) in [7, 11) is 1.68. The maximum atomic E-state index is 12.3. The Morgan fingerprint density at radius 1 is 0.585 bits per heavy atom. The summed E-state index contributed by atoms with van der Waals surface area (Å²) in [6.07, 6.45) is -4.01. The van der Waals surface area contributed by atoms with Gasteiger partial charge in [-0.05, 0) is 139 Å². The molecule has 5 nitrogen and oxygen atoms in total. The predicted molar refractivity (Wildman–Crippen MR) is 242 cm³/mol. The van der Waals surface area contributed by atoms with Crippen molar-refractivity contribution in [1.29, 1.82) is 0 Å². The quantitative estimate of drug-likeness (QED) is 0.128. The number of benzene rings is 6. The third-order valence-electron chi connectivity index (χ3n) is 8.75. The monoisotopic (exact) mass is 906 g/mol. The Labute approximate surface area is 376 Å². The van der Waals surface area contributed by atoms with E-state index in [2.05, 4.69) is 43.1 Å². The van der Waals surface area contributed by atoms with Crippen LogP contribution in [0.5, 0.6) is 11.5 Å². The van der Waals surface area contributed by atoms with Gasteiger partial charge in [0.1, 0.15) is 23.1 Å². The van der Waals surface area contributed by atoms with Crippen LogP contribution in [0.1, 0.15) is 68.7 Å². The Bertz CT molecular complexity index is 2410. The van der Waals surface area contributed by atoms with Crippen molar-refractivity contribution < 1.29 is 49.4 Å². The molecule has 65 heavy (non-hydrogen) atoms. The van der Waals surface area contributed by atoms with Crippen LogP contribution in [-0.2, 0) is 12.4 Å². The van der Waals surface area contributed by atoms with Crippen LogP contribution in [0.25, 0.3) is 5.69 Å². The smallest absolute Gasteiger partial charge is 0.416 e. The first-order valence-corrected chi connectivity index (χ1v) is 20.1. The highest BCUT2D eigenvalue weighted by Crippen LogP contribution is 2.36. The summed E-state index contributed by atoms with van der Waals surface area (Å²) < 4.78 is 110. The molecular weight excluding hydrogens is 853 g/mol. The van der Waals surface area contributed by atoms with Crippen LogP contribution in [0.4, 0.5) is 35.1 Å². The topological polar surface area (TPSA) is 53.4 Å². The third-order valence-corrected chi connectivity index (χ3v) is 8.75. The van der Waals surface area contributed by atoms with Gasteiger partial charge < -0.3 is 14.0 Å². The molecule has 13 heteroatoms. The minimum atomic E-state index is -4.76. The van der Waals surface area contributed by atoms with Gasteiger partial charge in [0.2, 0.25) is 0 Å². The molecule has 0 spiro atoms. The van der Waals surface area contributed by atoms with Crippen LogP contribution in [-0.4, -0.2) is 29.1 Å². The van der Waals surface area contributed by atoms with E-state index in [1.165, 1.54) is 48.7 Å². The number of ether oxygens (including phenoxy) is 2. The number of methoxy groups -OCH3 is 1. The molecule has 0 saturated carbocycles. The van der Waals surface area contributed by atoms with Gasteiger partial charge in [0.15, 0.2) is 5.78 Å². The number of rotatable bonds is 5. The van der Waals surface area contributed by atoms with E-state index in [9.17, 15) is 39.9 Å². The first kappa shape index (κ1) is 54.4. The van der Waals surface area contributed by atoms with Crippen molar-refractivity contribution >= 4 is 5.78 Å². The number of carbonyl (C=O) groups is 1. The van der Waals surface area contributed by atoms with Gasteiger partial charge >= 0.3 is 12.4 Å². The van der Waals surface area contributed by atoms with Crippen molar-refractivity contribution in [2.75, 3.05) is 13.7 Å². The molecule has 346 valence electrons. The van der Waals surface area contributed by atoms with Crippen LogP contribution < -0.4 is 9.47 Å². The number of ketones is 1. The molecule has 0 saturated heterocycles. The lowest BCUT2D eigenvalue weighted by Gasteiger charge is -2.12. The van der Waals surface area contributed by atoms with Gasteiger partial charge in [0, 0.05) is 29.2 Å².